The van der Waals surface area contributed by atoms with Crippen molar-refractivity contribution in [1.29, 1.82) is 0 Å². The summed E-state index contributed by atoms with van der Waals surface area (Å²) in [5.74, 6) is -2.25. The molecule has 3 N–H and O–H groups in total. The van der Waals surface area contributed by atoms with Crippen LogP contribution in [0.1, 0.15) is 52.5 Å². The molecular weight excluding hydrogens is 458 g/mol. The Kier molecular flexibility index (Phi) is 9.64. The molecular formula is C24H37N3O6S. The fourth-order valence-electron chi connectivity index (χ4n) is 3.97. The van der Waals surface area contributed by atoms with E-state index in [0.717, 1.165) is 5.56 Å². The predicted octanol–water partition coefficient (Wildman–Crippen LogP) is 2.15. The van der Waals surface area contributed by atoms with E-state index in [1.807, 2.05) is 20.8 Å². The van der Waals surface area contributed by atoms with E-state index in [2.05, 4.69) is 10.0 Å². The molecule has 1 aromatic rings. The number of hydrogen-bond acceptors (Lipinski definition) is 5. The summed E-state index contributed by atoms with van der Waals surface area (Å²) in [6.07, 6.45) is 1.12. The van der Waals surface area contributed by atoms with Crippen LogP contribution in [-0.2, 0) is 24.4 Å². The van der Waals surface area contributed by atoms with E-state index >= 15 is 0 Å². The van der Waals surface area contributed by atoms with Gasteiger partial charge in [0.1, 0.15) is 12.1 Å². The number of piperidine rings is 1. The molecule has 1 saturated heterocycles. The molecule has 0 aromatic heterocycles. The lowest BCUT2D eigenvalue weighted by Gasteiger charge is -2.35. The highest BCUT2D eigenvalue weighted by molar-refractivity contribution is 7.89. The summed E-state index contributed by atoms with van der Waals surface area (Å²) in [4.78, 5) is 38.9. The molecule has 34 heavy (non-hydrogen) atoms. The molecule has 0 spiro atoms. The monoisotopic (exact) mass is 495 g/mol. The van der Waals surface area contributed by atoms with Gasteiger partial charge in [0.2, 0.25) is 21.8 Å². The number of carboxylic acids is 1. The minimum atomic E-state index is -3.88. The highest BCUT2D eigenvalue weighted by Gasteiger charge is 2.35. The van der Waals surface area contributed by atoms with Crippen LogP contribution in [0.5, 0.6) is 0 Å². The number of hydrogen-bond donors (Lipinski definition) is 3. The number of likely N-dealkylation sites (tertiary alicyclic amines) is 1. The van der Waals surface area contributed by atoms with Crippen LogP contribution in [0.25, 0.3) is 0 Å². The molecule has 1 aromatic carbocycles. The van der Waals surface area contributed by atoms with Crippen molar-refractivity contribution in [1.82, 2.24) is 14.9 Å². The quantitative estimate of drug-likeness (QED) is 0.456. The number of amides is 2. The molecule has 2 atom stereocenters. The molecule has 1 aliphatic heterocycles. The van der Waals surface area contributed by atoms with Gasteiger partial charge in [0.05, 0.1) is 4.90 Å². The summed E-state index contributed by atoms with van der Waals surface area (Å²) >= 11 is 0. The number of carboxylic acid groups (broad SMARTS) is 1. The second-order valence-electron chi connectivity index (χ2n) is 9.78. The fraction of sp³-hybridized carbons (Fsp3) is 0.625. The number of nitrogens with zero attached hydrogens (tertiary/aromatic N) is 1. The van der Waals surface area contributed by atoms with Gasteiger partial charge in [-0.05, 0) is 50.2 Å². The van der Waals surface area contributed by atoms with Gasteiger partial charge in [0.25, 0.3) is 0 Å². The number of rotatable bonds is 10. The summed E-state index contributed by atoms with van der Waals surface area (Å²) in [5.41, 5.74) is 0.932. The fourth-order valence-corrected chi connectivity index (χ4v) is 5.30. The Hall–Kier alpha value is -2.46. The Morgan fingerprint density at radius 3 is 2.09 bits per heavy atom. The lowest BCUT2D eigenvalue weighted by molar-refractivity contribution is -0.143. The Morgan fingerprint density at radius 1 is 1.06 bits per heavy atom. The van der Waals surface area contributed by atoms with Crippen molar-refractivity contribution in [2.24, 2.45) is 17.8 Å². The maximum atomic E-state index is 13.2. The summed E-state index contributed by atoms with van der Waals surface area (Å²) in [5, 5.41) is 12.0. The maximum Gasteiger partial charge on any atom is 0.326 e. The minimum absolute atomic E-state index is 0.0984. The number of benzene rings is 1. The van der Waals surface area contributed by atoms with Crippen molar-refractivity contribution >= 4 is 27.8 Å². The second kappa shape index (κ2) is 11.8. The van der Waals surface area contributed by atoms with E-state index in [0.29, 0.717) is 32.4 Å². The molecule has 9 nitrogen and oxygen atoms in total. The lowest BCUT2D eigenvalue weighted by Crippen LogP contribution is -2.54. The average molecular weight is 496 g/mol. The van der Waals surface area contributed by atoms with Crippen LogP contribution in [-0.4, -0.2) is 61.4 Å². The van der Waals surface area contributed by atoms with Crippen molar-refractivity contribution in [2.45, 2.75) is 70.9 Å². The van der Waals surface area contributed by atoms with Gasteiger partial charge in [0, 0.05) is 19.0 Å². The Labute approximate surface area is 202 Å². The number of nitrogens with one attached hydrogen (secondary N) is 2. The first-order valence-corrected chi connectivity index (χ1v) is 13.2. The van der Waals surface area contributed by atoms with Gasteiger partial charge < -0.3 is 15.3 Å². The zero-order valence-electron chi connectivity index (χ0n) is 20.6. The Bertz CT molecular complexity index is 967. The molecule has 2 amide bonds. The lowest BCUT2D eigenvalue weighted by atomic mass is 9.93. The van der Waals surface area contributed by atoms with Crippen LogP contribution in [0.4, 0.5) is 0 Å². The molecule has 190 valence electrons. The SMILES string of the molecule is Cc1ccc(S(=O)(=O)N[C@H](C(=O)N2CCC(C(=O)N[C@H](CC(C)C)C(=O)O)CC2)C(C)C)cc1. The molecule has 1 heterocycles. The first kappa shape index (κ1) is 27.8. The van der Waals surface area contributed by atoms with Gasteiger partial charge in [-0.3, -0.25) is 9.59 Å². The molecule has 0 unspecified atom stereocenters. The zero-order valence-corrected chi connectivity index (χ0v) is 21.4. The number of carbonyl (C=O) groups is 3. The first-order chi connectivity index (χ1) is 15.8. The van der Waals surface area contributed by atoms with Crippen molar-refractivity contribution < 1.29 is 27.9 Å². The number of aliphatic carboxylic acids is 1. The summed E-state index contributed by atoms with van der Waals surface area (Å²) in [7, 11) is -3.88. The highest BCUT2D eigenvalue weighted by atomic mass is 32.2. The molecule has 0 bridgehead atoms. The van der Waals surface area contributed by atoms with Gasteiger partial charge in [-0.25, -0.2) is 13.2 Å². The summed E-state index contributed by atoms with van der Waals surface area (Å²) in [6, 6.07) is 4.55. The van der Waals surface area contributed by atoms with Crippen LogP contribution < -0.4 is 10.0 Å². The topological polar surface area (TPSA) is 133 Å². The smallest absolute Gasteiger partial charge is 0.326 e. The molecule has 0 saturated carbocycles. The van der Waals surface area contributed by atoms with E-state index < -0.39 is 28.1 Å². The van der Waals surface area contributed by atoms with E-state index in [4.69, 9.17) is 0 Å². The van der Waals surface area contributed by atoms with E-state index in [9.17, 15) is 27.9 Å². The van der Waals surface area contributed by atoms with E-state index in [1.54, 1.807) is 30.9 Å². The third-order valence-electron chi connectivity index (χ3n) is 6.05. The summed E-state index contributed by atoms with van der Waals surface area (Å²) in [6.45, 7) is 9.81. The molecule has 10 heteroatoms. The van der Waals surface area contributed by atoms with Gasteiger partial charge in [-0.15, -0.1) is 0 Å². The van der Waals surface area contributed by atoms with E-state index in [-0.39, 0.29) is 34.5 Å². The Balaban J connectivity index is 2.01. The number of sulfonamides is 1. The third kappa shape index (κ3) is 7.53. The van der Waals surface area contributed by atoms with Crippen LogP contribution >= 0.6 is 0 Å². The van der Waals surface area contributed by atoms with Crippen LogP contribution in [0.2, 0.25) is 0 Å². The van der Waals surface area contributed by atoms with Gasteiger partial charge >= 0.3 is 5.97 Å². The number of aryl methyl sites for hydroxylation is 1. The first-order valence-electron chi connectivity index (χ1n) is 11.7. The van der Waals surface area contributed by atoms with Crippen molar-refractivity contribution in [3.63, 3.8) is 0 Å². The second-order valence-corrected chi connectivity index (χ2v) is 11.5. The van der Waals surface area contributed by atoms with Gasteiger partial charge in [0.15, 0.2) is 0 Å². The van der Waals surface area contributed by atoms with Crippen LogP contribution in [0.3, 0.4) is 0 Å². The van der Waals surface area contributed by atoms with Crippen molar-refractivity contribution in [3.8, 4) is 0 Å². The highest BCUT2D eigenvalue weighted by Crippen LogP contribution is 2.21. The number of carbonyl (C=O) groups excluding carboxylic acids is 2. The third-order valence-corrected chi connectivity index (χ3v) is 7.50. The van der Waals surface area contributed by atoms with Crippen molar-refractivity contribution in [2.75, 3.05) is 13.1 Å². The molecule has 0 radical (unpaired) electrons. The standard InChI is InChI=1S/C24H37N3O6S/c1-15(2)14-20(24(30)31)25-22(28)18-10-12-27(13-11-18)23(29)21(16(3)4)26-34(32,33)19-8-6-17(5)7-9-19/h6-9,15-16,18,20-21,26H,10-14H2,1-5H3,(H,25,28)(H,30,31)/t20-,21+/m1/s1. The van der Waals surface area contributed by atoms with Crippen LogP contribution in [0, 0.1) is 24.7 Å². The minimum Gasteiger partial charge on any atom is -0.480 e. The summed E-state index contributed by atoms with van der Waals surface area (Å²) < 4.78 is 28.2. The zero-order chi connectivity index (χ0) is 25.6. The average Bonchev–Trinajstić information content (AvgIpc) is 2.76. The largest absolute Gasteiger partial charge is 0.480 e. The molecule has 0 aliphatic carbocycles. The molecule has 1 fully saturated rings. The molecule has 1 aliphatic rings. The molecule has 2 rings (SSSR count). The normalized spacial score (nSPS) is 17.0. The van der Waals surface area contributed by atoms with Gasteiger partial charge in [-0.2, -0.15) is 4.72 Å². The Morgan fingerprint density at radius 2 is 1.62 bits per heavy atom. The predicted molar refractivity (Wildman–Crippen MR) is 128 cm³/mol. The van der Waals surface area contributed by atoms with Crippen LogP contribution in [0.15, 0.2) is 29.2 Å². The van der Waals surface area contributed by atoms with E-state index in [1.165, 1.54) is 12.1 Å². The van der Waals surface area contributed by atoms with Gasteiger partial charge in [-0.1, -0.05) is 45.4 Å². The van der Waals surface area contributed by atoms with Crippen molar-refractivity contribution in [3.05, 3.63) is 29.8 Å². The maximum absolute atomic E-state index is 13.2.